The molecule has 0 radical (unpaired) electrons. The van der Waals surface area contributed by atoms with Crippen molar-refractivity contribution in [3.63, 3.8) is 0 Å². The highest BCUT2D eigenvalue weighted by molar-refractivity contribution is 6.30. The van der Waals surface area contributed by atoms with Crippen molar-refractivity contribution in [1.29, 1.82) is 0 Å². The van der Waals surface area contributed by atoms with Gasteiger partial charge in [-0.05, 0) is 44.0 Å². The molecular weight excluding hydrogens is 239 g/mol. The van der Waals surface area contributed by atoms with E-state index in [0.717, 1.165) is 19.5 Å². The van der Waals surface area contributed by atoms with Gasteiger partial charge in [0, 0.05) is 29.7 Å². The zero-order valence-corrected chi connectivity index (χ0v) is 10.8. The van der Waals surface area contributed by atoms with E-state index < -0.39 is 0 Å². The molecule has 1 aromatic rings. The third-order valence-electron chi connectivity index (χ3n) is 3.45. The van der Waals surface area contributed by atoms with Crippen LogP contribution in [0.4, 0.5) is 4.39 Å². The molecule has 1 heterocycles. The van der Waals surface area contributed by atoms with E-state index in [9.17, 15) is 4.39 Å². The molecule has 2 unspecified atom stereocenters. The van der Waals surface area contributed by atoms with Crippen LogP contribution in [0.3, 0.4) is 0 Å². The first-order valence-corrected chi connectivity index (χ1v) is 6.36. The number of rotatable bonds is 3. The maximum absolute atomic E-state index is 13.6. The number of nitrogens with two attached hydrogens (primary N) is 1. The third-order valence-corrected chi connectivity index (χ3v) is 3.69. The fourth-order valence-corrected chi connectivity index (χ4v) is 2.54. The van der Waals surface area contributed by atoms with Crippen LogP contribution in [-0.4, -0.2) is 24.0 Å². The molecule has 0 aliphatic carbocycles. The average Bonchev–Trinajstić information content (AvgIpc) is 2.72. The number of likely N-dealkylation sites (tertiary alicyclic amines) is 1. The largest absolute Gasteiger partial charge is 0.328 e. The van der Waals surface area contributed by atoms with E-state index in [1.165, 1.54) is 6.07 Å². The first kappa shape index (κ1) is 12.8. The lowest BCUT2D eigenvalue weighted by Crippen LogP contribution is -2.29. The van der Waals surface area contributed by atoms with E-state index in [4.69, 9.17) is 17.3 Å². The standard InChI is InChI=1S/C13H18ClFN2/c1-9(16)10-4-5-17(7-10)8-11-6-12(14)2-3-13(11)15/h2-3,6,9-10H,4-5,7-8,16H2,1H3. The second-order valence-electron chi connectivity index (χ2n) is 4.88. The van der Waals surface area contributed by atoms with Gasteiger partial charge in [-0.15, -0.1) is 0 Å². The molecule has 0 saturated carbocycles. The monoisotopic (exact) mass is 256 g/mol. The lowest BCUT2D eigenvalue weighted by atomic mass is 10.0. The zero-order chi connectivity index (χ0) is 12.4. The van der Waals surface area contributed by atoms with Gasteiger partial charge >= 0.3 is 0 Å². The minimum Gasteiger partial charge on any atom is -0.328 e. The average molecular weight is 257 g/mol. The fourth-order valence-electron chi connectivity index (χ4n) is 2.34. The van der Waals surface area contributed by atoms with Crippen LogP contribution in [0, 0.1) is 11.7 Å². The summed E-state index contributed by atoms with van der Waals surface area (Å²) in [6.07, 6.45) is 1.10. The highest BCUT2D eigenvalue weighted by atomic mass is 35.5. The van der Waals surface area contributed by atoms with Gasteiger partial charge in [0.25, 0.3) is 0 Å². The van der Waals surface area contributed by atoms with Gasteiger partial charge in [0.2, 0.25) is 0 Å². The molecule has 1 aliphatic rings. The Bertz CT molecular complexity index is 395. The van der Waals surface area contributed by atoms with Gasteiger partial charge in [-0.3, -0.25) is 4.90 Å². The number of nitrogens with zero attached hydrogens (tertiary/aromatic N) is 1. The SMILES string of the molecule is CC(N)C1CCN(Cc2cc(Cl)ccc2F)C1. The quantitative estimate of drug-likeness (QED) is 0.901. The van der Waals surface area contributed by atoms with Crippen LogP contribution in [-0.2, 0) is 6.54 Å². The summed E-state index contributed by atoms with van der Waals surface area (Å²) in [6, 6.07) is 4.92. The molecule has 94 valence electrons. The lowest BCUT2D eigenvalue weighted by Gasteiger charge is -2.18. The van der Waals surface area contributed by atoms with Crippen molar-refractivity contribution in [1.82, 2.24) is 4.90 Å². The summed E-state index contributed by atoms with van der Waals surface area (Å²) in [7, 11) is 0. The predicted molar refractivity (Wildman–Crippen MR) is 68.4 cm³/mol. The first-order chi connectivity index (χ1) is 8.06. The van der Waals surface area contributed by atoms with Gasteiger partial charge in [0.15, 0.2) is 0 Å². The summed E-state index contributed by atoms with van der Waals surface area (Å²) < 4.78 is 13.6. The minimum atomic E-state index is -0.182. The molecule has 0 bridgehead atoms. The second-order valence-corrected chi connectivity index (χ2v) is 5.32. The smallest absolute Gasteiger partial charge is 0.127 e. The van der Waals surface area contributed by atoms with Crippen LogP contribution in [0.5, 0.6) is 0 Å². The van der Waals surface area contributed by atoms with Crippen molar-refractivity contribution < 1.29 is 4.39 Å². The summed E-state index contributed by atoms with van der Waals surface area (Å²) in [5.74, 6) is 0.343. The Morgan fingerprint density at radius 1 is 1.59 bits per heavy atom. The summed E-state index contributed by atoms with van der Waals surface area (Å²) in [4.78, 5) is 2.24. The van der Waals surface area contributed by atoms with Crippen LogP contribution in [0.15, 0.2) is 18.2 Å². The number of benzene rings is 1. The van der Waals surface area contributed by atoms with E-state index in [2.05, 4.69) is 4.90 Å². The maximum atomic E-state index is 13.6. The molecule has 2 atom stereocenters. The molecule has 2 nitrogen and oxygen atoms in total. The third kappa shape index (κ3) is 3.18. The fraction of sp³-hybridized carbons (Fsp3) is 0.538. The van der Waals surface area contributed by atoms with Crippen molar-refractivity contribution in [2.45, 2.75) is 25.9 Å². The molecular formula is C13H18ClFN2. The predicted octanol–water partition coefficient (Wildman–Crippen LogP) is 2.65. The van der Waals surface area contributed by atoms with Crippen LogP contribution >= 0.6 is 11.6 Å². The Labute approximate surface area is 107 Å². The van der Waals surface area contributed by atoms with E-state index in [1.54, 1.807) is 12.1 Å². The Kier molecular flexibility index (Phi) is 4.02. The van der Waals surface area contributed by atoms with Gasteiger partial charge in [-0.25, -0.2) is 4.39 Å². The Morgan fingerprint density at radius 3 is 3.00 bits per heavy atom. The second kappa shape index (κ2) is 5.34. The van der Waals surface area contributed by atoms with Crippen LogP contribution in [0.25, 0.3) is 0 Å². The first-order valence-electron chi connectivity index (χ1n) is 5.98. The van der Waals surface area contributed by atoms with Gasteiger partial charge in [0.1, 0.15) is 5.82 Å². The van der Waals surface area contributed by atoms with Crippen molar-refractivity contribution in [2.75, 3.05) is 13.1 Å². The highest BCUT2D eigenvalue weighted by Crippen LogP contribution is 2.23. The van der Waals surface area contributed by atoms with Gasteiger partial charge in [-0.1, -0.05) is 11.6 Å². The molecule has 4 heteroatoms. The molecule has 1 aromatic carbocycles. The van der Waals surface area contributed by atoms with E-state index in [1.807, 2.05) is 6.92 Å². The highest BCUT2D eigenvalue weighted by Gasteiger charge is 2.25. The summed E-state index contributed by atoms with van der Waals surface area (Å²) in [5.41, 5.74) is 6.55. The molecule has 2 N–H and O–H groups in total. The molecule has 0 spiro atoms. The number of halogens is 2. The molecule has 0 amide bonds. The summed E-state index contributed by atoms with van der Waals surface area (Å²) >= 11 is 5.88. The van der Waals surface area contributed by atoms with E-state index >= 15 is 0 Å². The molecule has 1 aliphatic heterocycles. The van der Waals surface area contributed by atoms with E-state index in [0.29, 0.717) is 23.0 Å². The Hall–Kier alpha value is -0.640. The number of hydrogen-bond acceptors (Lipinski definition) is 2. The molecule has 0 aromatic heterocycles. The van der Waals surface area contributed by atoms with Crippen molar-refractivity contribution in [3.8, 4) is 0 Å². The summed E-state index contributed by atoms with van der Waals surface area (Å²) in [5, 5.41) is 0.587. The molecule has 1 saturated heterocycles. The normalized spacial score (nSPS) is 22.9. The van der Waals surface area contributed by atoms with Crippen molar-refractivity contribution in [3.05, 3.63) is 34.6 Å². The molecule has 17 heavy (non-hydrogen) atoms. The molecule has 2 rings (SSSR count). The molecule has 1 fully saturated rings. The van der Waals surface area contributed by atoms with Crippen LogP contribution < -0.4 is 5.73 Å². The number of hydrogen-bond donors (Lipinski definition) is 1. The van der Waals surface area contributed by atoms with Gasteiger partial charge < -0.3 is 5.73 Å². The Balaban J connectivity index is 2.00. The van der Waals surface area contributed by atoms with Crippen LogP contribution in [0.1, 0.15) is 18.9 Å². The summed E-state index contributed by atoms with van der Waals surface area (Å²) in [6.45, 7) is 4.59. The van der Waals surface area contributed by atoms with Crippen LogP contribution in [0.2, 0.25) is 5.02 Å². The van der Waals surface area contributed by atoms with Crippen molar-refractivity contribution >= 4 is 11.6 Å². The topological polar surface area (TPSA) is 29.3 Å². The zero-order valence-electron chi connectivity index (χ0n) is 10.00. The van der Waals surface area contributed by atoms with Gasteiger partial charge in [-0.2, -0.15) is 0 Å². The van der Waals surface area contributed by atoms with Gasteiger partial charge in [0.05, 0.1) is 0 Å². The van der Waals surface area contributed by atoms with Crippen molar-refractivity contribution in [2.24, 2.45) is 11.7 Å². The van der Waals surface area contributed by atoms with E-state index in [-0.39, 0.29) is 11.9 Å². The lowest BCUT2D eigenvalue weighted by molar-refractivity contribution is 0.304. The minimum absolute atomic E-state index is 0.182. The Morgan fingerprint density at radius 2 is 2.35 bits per heavy atom. The maximum Gasteiger partial charge on any atom is 0.127 e.